The fourth-order valence-corrected chi connectivity index (χ4v) is 1.63. The summed E-state index contributed by atoms with van der Waals surface area (Å²) < 4.78 is 37.7. The molecule has 7 heteroatoms. The van der Waals surface area contributed by atoms with E-state index in [4.69, 9.17) is 11.6 Å². The summed E-state index contributed by atoms with van der Waals surface area (Å²) in [7, 11) is 0. The summed E-state index contributed by atoms with van der Waals surface area (Å²) in [5.74, 6) is -1.25. The van der Waals surface area contributed by atoms with Gasteiger partial charge in [-0.3, -0.25) is 4.98 Å². The van der Waals surface area contributed by atoms with Gasteiger partial charge >= 0.3 is 6.18 Å². The Balaban J connectivity index is 2.60. The third-order valence-corrected chi connectivity index (χ3v) is 2.44. The van der Waals surface area contributed by atoms with E-state index in [0.717, 1.165) is 0 Å². The Hall–Kier alpha value is -1.69. The summed E-state index contributed by atoms with van der Waals surface area (Å²) in [5, 5.41) is -0.247. The lowest BCUT2D eigenvalue weighted by atomic mass is 10.1. The number of aryl methyl sites for hydroxylation is 1. The molecule has 18 heavy (non-hydrogen) atoms. The molecule has 2 heterocycles. The van der Waals surface area contributed by atoms with Gasteiger partial charge in [0.2, 0.25) is 5.82 Å². The van der Waals surface area contributed by atoms with E-state index in [1.165, 1.54) is 12.3 Å². The van der Waals surface area contributed by atoms with Crippen molar-refractivity contribution in [2.75, 3.05) is 0 Å². The number of nitrogens with zero attached hydrogens (tertiary/aromatic N) is 3. The second kappa shape index (κ2) is 4.53. The van der Waals surface area contributed by atoms with Crippen LogP contribution >= 0.6 is 11.6 Å². The number of pyridine rings is 1. The monoisotopic (exact) mass is 273 g/mol. The number of hydrogen-bond donors (Lipinski definition) is 0. The lowest BCUT2D eigenvalue weighted by Gasteiger charge is -2.09. The molecule has 3 nitrogen and oxygen atoms in total. The topological polar surface area (TPSA) is 38.7 Å². The molecule has 0 aromatic carbocycles. The van der Waals surface area contributed by atoms with E-state index in [9.17, 15) is 13.2 Å². The van der Waals surface area contributed by atoms with Crippen molar-refractivity contribution in [3.8, 4) is 11.3 Å². The zero-order chi connectivity index (χ0) is 13.3. The van der Waals surface area contributed by atoms with Gasteiger partial charge < -0.3 is 0 Å². The van der Waals surface area contributed by atoms with Crippen LogP contribution in [-0.4, -0.2) is 15.0 Å². The first-order chi connectivity index (χ1) is 8.38. The van der Waals surface area contributed by atoms with Crippen LogP contribution in [0, 0.1) is 6.92 Å². The molecule has 0 radical (unpaired) electrons. The van der Waals surface area contributed by atoms with Crippen LogP contribution in [0.1, 0.15) is 11.4 Å². The van der Waals surface area contributed by atoms with Crippen molar-refractivity contribution in [1.29, 1.82) is 0 Å². The average molecular weight is 274 g/mol. The minimum absolute atomic E-state index is 0.127. The average Bonchev–Trinajstić information content (AvgIpc) is 2.27. The van der Waals surface area contributed by atoms with E-state index in [0.29, 0.717) is 11.1 Å². The van der Waals surface area contributed by atoms with E-state index in [2.05, 4.69) is 15.0 Å². The van der Waals surface area contributed by atoms with Crippen molar-refractivity contribution in [3.63, 3.8) is 0 Å². The molecule has 94 valence electrons. The molecule has 0 unspecified atom stereocenters. The minimum atomic E-state index is -4.62. The van der Waals surface area contributed by atoms with Gasteiger partial charge in [-0.15, -0.1) is 0 Å². The smallest absolute Gasteiger partial charge is 0.264 e. The molecular weight excluding hydrogens is 267 g/mol. The highest BCUT2D eigenvalue weighted by Gasteiger charge is 2.35. The Labute approximate surface area is 106 Å². The van der Waals surface area contributed by atoms with Crippen LogP contribution < -0.4 is 0 Å². The highest BCUT2D eigenvalue weighted by molar-refractivity contribution is 6.29. The van der Waals surface area contributed by atoms with Gasteiger partial charge in [0.25, 0.3) is 0 Å². The number of hydrogen-bond acceptors (Lipinski definition) is 3. The summed E-state index contributed by atoms with van der Waals surface area (Å²) >= 11 is 5.59. The predicted octanol–water partition coefficient (Wildman–Crippen LogP) is 3.52. The van der Waals surface area contributed by atoms with Crippen molar-refractivity contribution >= 4 is 11.6 Å². The van der Waals surface area contributed by atoms with Gasteiger partial charge in [0.1, 0.15) is 5.15 Å². The molecule has 0 fully saturated rings. The van der Waals surface area contributed by atoms with Gasteiger partial charge in [-0.25, -0.2) is 9.97 Å². The Morgan fingerprint density at radius 2 is 1.94 bits per heavy atom. The Morgan fingerprint density at radius 3 is 2.56 bits per heavy atom. The van der Waals surface area contributed by atoms with Crippen molar-refractivity contribution in [2.45, 2.75) is 13.1 Å². The van der Waals surface area contributed by atoms with Crippen LogP contribution in [0.2, 0.25) is 5.15 Å². The second-order valence-electron chi connectivity index (χ2n) is 3.59. The van der Waals surface area contributed by atoms with Gasteiger partial charge in [-0.2, -0.15) is 13.2 Å². The largest absolute Gasteiger partial charge is 0.451 e. The fraction of sp³-hybridized carbons (Fsp3) is 0.182. The van der Waals surface area contributed by atoms with Gasteiger partial charge in [0.15, 0.2) is 0 Å². The normalized spacial score (nSPS) is 11.6. The number of rotatable bonds is 1. The first-order valence-corrected chi connectivity index (χ1v) is 5.28. The van der Waals surface area contributed by atoms with Crippen molar-refractivity contribution < 1.29 is 13.2 Å². The third kappa shape index (κ3) is 2.59. The molecule has 0 amide bonds. The molecule has 0 aliphatic carbocycles. The lowest BCUT2D eigenvalue weighted by Crippen LogP contribution is -2.11. The Morgan fingerprint density at radius 1 is 1.22 bits per heavy atom. The highest BCUT2D eigenvalue weighted by atomic mass is 35.5. The van der Waals surface area contributed by atoms with Crippen LogP contribution in [0.3, 0.4) is 0 Å². The standard InChI is InChI=1S/C11H7ClF3N3/c1-6-5-16-3-2-7(6)8-4-9(12)18-10(17-8)11(13,14)15/h2-5H,1H3. The van der Waals surface area contributed by atoms with E-state index in [-0.39, 0.29) is 10.8 Å². The van der Waals surface area contributed by atoms with Crippen LogP contribution in [0.5, 0.6) is 0 Å². The van der Waals surface area contributed by atoms with Gasteiger partial charge in [-0.05, 0) is 18.6 Å². The molecule has 0 bridgehead atoms. The zero-order valence-electron chi connectivity index (χ0n) is 9.16. The van der Waals surface area contributed by atoms with Crippen molar-refractivity contribution in [2.24, 2.45) is 0 Å². The Bertz CT molecular complexity index is 584. The SMILES string of the molecule is Cc1cnccc1-c1cc(Cl)nc(C(F)(F)F)n1. The maximum absolute atomic E-state index is 12.6. The molecule has 0 N–H and O–H groups in total. The number of alkyl halides is 3. The molecule has 0 saturated carbocycles. The third-order valence-electron chi connectivity index (χ3n) is 2.24. The highest BCUT2D eigenvalue weighted by Crippen LogP contribution is 2.30. The maximum Gasteiger partial charge on any atom is 0.451 e. The Kier molecular flexibility index (Phi) is 3.21. The molecule has 0 spiro atoms. The lowest BCUT2D eigenvalue weighted by molar-refractivity contribution is -0.144. The molecular formula is C11H7ClF3N3. The second-order valence-corrected chi connectivity index (χ2v) is 3.98. The zero-order valence-corrected chi connectivity index (χ0v) is 9.92. The minimum Gasteiger partial charge on any atom is -0.264 e. The molecule has 0 saturated heterocycles. The quantitative estimate of drug-likeness (QED) is 0.746. The molecule has 0 aliphatic heterocycles. The molecule has 0 aliphatic rings. The first-order valence-electron chi connectivity index (χ1n) is 4.90. The maximum atomic E-state index is 12.6. The van der Waals surface area contributed by atoms with Crippen LogP contribution in [0.4, 0.5) is 13.2 Å². The van der Waals surface area contributed by atoms with Crippen LogP contribution in [-0.2, 0) is 6.18 Å². The predicted molar refractivity (Wildman–Crippen MR) is 60.0 cm³/mol. The van der Waals surface area contributed by atoms with Crippen molar-refractivity contribution in [1.82, 2.24) is 15.0 Å². The number of aromatic nitrogens is 3. The molecule has 2 aromatic rings. The van der Waals surface area contributed by atoms with Crippen LogP contribution in [0.25, 0.3) is 11.3 Å². The molecule has 2 aromatic heterocycles. The van der Waals surface area contributed by atoms with E-state index in [1.807, 2.05) is 0 Å². The molecule has 2 rings (SSSR count). The molecule has 0 atom stereocenters. The number of halogens is 4. The van der Waals surface area contributed by atoms with E-state index < -0.39 is 12.0 Å². The van der Waals surface area contributed by atoms with Gasteiger partial charge in [0, 0.05) is 24.0 Å². The van der Waals surface area contributed by atoms with E-state index >= 15 is 0 Å². The van der Waals surface area contributed by atoms with Crippen LogP contribution in [0.15, 0.2) is 24.5 Å². The first kappa shape index (κ1) is 12.8. The summed E-state index contributed by atoms with van der Waals surface area (Å²) in [6.45, 7) is 1.73. The summed E-state index contributed by atoms with van der Waals surface area (Å²) in [5.41, 5.74) is 1.38. The summed E-state index contributed by atoms with van der Waals surface area (Å²) in [6, 6.07) is 2.87. The fourth-order valence-electron chi connectivity index (χ4n) is 1.44. The van der Waals surface area contributed by atoms with Gasteiger partial charge in [0.05, 0.1) is 5.69 Å². The summed E-state index contributed by atoms with van der Waals surface area (Å²) in [6.07, 6.45) is -1.61. The van der Waals surface area contributed by atoms with Gasteiger partial charge in [-0.1, -0.05) is 11.6 Å². The van der Waals surface area contributed by atoms with Crippen molar-refractivity contribution in [3.05, 3.63) is 41.1 Å². The summed E-state index contributed by atoms with van der Waals surface area (Å²) in [4.78, 5) is 10.5. The van der Waals surface area contributed by atoms with E-state index in [1.54, 1.807) is 19.2 Å².